The number of hydrogen-bond donors (Lipinski definition) is 1. The smallest absolute Gasteiger partial charge is 0.161 e. The van der Waals surface area contributed by atoms with Gasteiger partial charge in [-0.1, -0.05) is 11.6 Å². The van der Waals surface area contributed by atoms with Crippen LogP contribution in [0.2, 0.25) is 5.15 Å². The highest BCUT2D eigenvalue weighted by Crippen LogP contribution is 2.28. The van der Waals surface area contributed by atoms with E-state index in [9.17, 15) is 0 Å². The van der Waals surface area contributed by atoms with Crippen molar-refractivity contribution in [3.63, 3.8) is 0 Å². The van der Waals surface area contributed by atoms with E-state index >= 15 is 0 Å². The highest BCUT2D eigenvalue weighted by atomic mass is 35.5. The van der Waals surface area contributed by atoms with Gasteiger partial charge in [-0.05, 0) is 33.6 Å². The average Bonchev–Trinajstić information content (AvgIpc) is 2.65. The van der Waals surface area contributed by atoms with E-state index in [0.717, 1.165) is 25.3 Å². The van der Waals surface area contributed by atoms with E-state index in [4.69, 9.17) is 16.3 Å². The molecule has 1 aliphatic rings. The Morgan fingerprint density at radius 1 is 1.41 bits per heavy atom. The average molecular weight is 256 g/mol. The van der Waals surface area contributed by atoms with Gasteiger partial charge in [-0.2, -0.15) is 0 Å². The molecule has 5 heteroatoms. The number of anilines is 1. The first-order chi connectivity index (χ1) is 7.94. The van der Waals surface area contributed by atoms with Crippen molar-refractivity contribution in [1.82, 2.24) is 9.97 Å². The predicted molar refractivity (Wildman–Crippen MR) is 68.3 cm³/mol. The summed E-state index contributed by atoms with van der Waals surface area (Å²) in [4.78, 5) is 8.70. The first kappa shape index (κ1) is 12.6. The van der Waals surface area contributed by atoms with Crippen LogP contribution in [0, 0.1) is 0 Å². The topological polar surface area (TPSA) is 47.0 Å². The van der Waals surface area contributed by atoms with Crippen LogP contribution in [-0.2, 0) is 4.74 Å². The molecule has 0 bridgehead atoms. The van der Waals surface area contributed by atoms with Gasteiger partial charge >= 0.3 is 0 Å². The number of nitrogens with zero attached hydrogens (tertiary/aromatic N) is 2. The zero-order valence-electron chi connectivity index (χ0n) is 10.5. The molecular formula is C12H18ClN3O. The summed E-state index contributed by atoms with van der Waals surface area (Å²) in [6.07, 6.45) is 2.02. The second kappa shape index (κ2) is 4.78. The normalized spacial score (nSPS) is 20.6. The maximum atomic E-state index is 6.01. The molecule has 0 spiro atoms. The standard InChI is InChI=1S/C12H18ClN3O/c1-12(2,3)16-10-7-9(13)14-11(15-10)8-5-4-6-17-8/h7-8H,4-6H2,1-3H3,(H,14,15,16). The fraction of sp³-hybridized carbons (Fsp3) is 0.667. The summed E-state index contributed by atoms with van der Waals surface area (Å²) in [5, 5.41) is 3.75. The quantitative estimate of drug-likeness (QED) is 0.825. The first-order valence-electron chi connectivity index (χ1n) is 5.88. The van der Waals surface area contributed by atoms with Crippen LogP contribution in [0.4, 0.5) is 5.82 Å². The second-order valence-electron chi connectivity index (χ2n) is 5.31. The van der Waals surface area contributed by atoms with E-state index in [1.807, 2.05) is 0 Å². The molecule has 0 aromatic carbocycles. The summed E-state index contributed by atoms with van der Waals surface area (Å²) in [7, 11) is 0. The minimum absolute atomic E-state index is 0.00535. The van der Waals surface area contributed by atoms with Gasteiger partial charge in [0.05, 0.1) is 0 Å². The van der Waals surface area contributed by atoms with Crippen molar-refractivity contribution in [1.29, 1.82) is 0 Å². The van der Waals surface area contributed by atoms with Gasteiger partial charge in [-0.25, -0.2) is 9.97 Å². The molecule has 0 aliphatic carbocycles. The zero-order chi connectivity index (χ0) is 12.5. The minimum atomic E-state index is -0.0501. The SMILES string of the molecule is CC(C)(C)Nc1cc(Cl)nc(C2CCCO2)n1. The molecule has 1 aliphatic heterocycles. The van der Waals surface area contributed by atoms with Gasteiger partial charge in [0.25, 0.3) is 0 Å². The Balaban J connectivity index is 2.22. The monoisotopic (exact) mass is 255 g/mol. The molecule has 1 aromatic heterocycles. The molecule has 0 radical (unpaired) electrons. The molecule has 1 atom stereocenters. The third kappa shape index (κ3) is 3.54. The largest absolute Gasteiger partial charge is 0.370 e. The molecule has 94 valence electrons. The van der Waals surface area contributed by atoms with Crippen LogP contribution in [0.5, 0.6) is 0 Å². The van der Waals surface area contributed by atoms with Gasteiger partial charge < -0.3 is 10.1 Å². The van der Waals surface area contributed by atoms with Crippen LogP contribution in [0.3, 0.4) is 0 Å². The summed E-state index contributed by atoms with van der Waals surface area (Å²) < 4.78 is 5.57. The number of ether oxygens (including phenoxy) is 1. The van der Waals surface area contributed by atoms with E-state index in [-0.39, 0.29) is 11.6 Å². The molecule has 1 fully saturated rings. The lowest BCUT2D eigenvalue weighted by Crippen LogP contribution is -2.27. The fourth-order valence-electron chi connectivity index (χ4n) is 1.81. The van der Waals surface area contributed by atoms with Crippen LogP contribution in [0.15, 0.2) is 6.07 Å². The number of aromatic nitrogens is 2. The number of rotatable bonds is 2. The lowest BCUT2D eigenvalue weighted by atomic mass is 10.1. The minimum Gasteiger partial charge on any atom is -0.370 e. The summed E-state index contributed by atoms with van der Waals surface area (Å²) >= 11 is 6.01. The Hall–Kier alpha value is -0.870. The Morgan fingerprint density at radius 3 is 2.76 bits per heavy atom. The van der Waals surface area contributed by atoms with Gasteiger partial charge in [-0.15, -0.1) is 0 Å². The van der Waals surface area contributed by atoms with Crippen molar-refractivity contribution in [2.75, 3.05) is 11.9 Å². The zero-order valence-corrected chi connectivity index (χ0v) is 11.2. The Morgan fingerprint density at radius 2 is 2.18 bits per heavy atom. The number of nitrogens with one attached hydrogen (secondary N) is 1. The molecule has 1 aromatic rings. The third-order valence-corrected chi connectivity index (χ3v) is 2.63. The Kier molecular flexibility index (Phi) is 3.54. The third-order valence-electron chi connectivity index (χ3n) is 2.43. The van der Waals surface area contributed by atoms with Gasteiger partial charge in [0.15, 0.2) is 5.82 Å². The molecule has 1 unspecified atom stereocenters. The lowest BCUT2D eigenvalue weighted by Gasteiger charge is -2.22. The molecule has 1 N–H and O–H groups in total. The van der Waals surface area contributed by atoms with E-state index in [1.54, 1.807) is 6.07 Å². The predicted octanol–water partition coefficient (Wildman–Crippen LogP) is 3.19. The molecule has 4 nitrogen and oxygen atoms in total. The van der Waals surface area contributed by atoms with Gasteiger partial charge in [-0.3, -0.25) is 0 Å². The summed E-state index contributed by atoms with van der Waals surface area (Å²) in [6.45, 7) is 7.01. The van der Waals surface area contributed by atoms with Crippen LogP contribution in [-0.4, -0.2) is 22.1 Å². The molecule has 0 saturated carbocycles. The van der Waals surface area contributed by atoms with Crippen LogP contribution < -0.4 is 5.32 Å². The van der Waals surface area contributed by atoms with Gasteiger partial charge in [0.1, 0.15) is 17.1 Å². The van der Waals surface area contributed by atoms with Crippen molar-refractivity contribution in [2.24, 2.45) is 0 Å². The lowest BCUT2D eigenvalue weighted by molar-refractivity contribution is 0.105. The highest BCUT2D eigenvalue weighted by molar-refractivity contribution is 6.29. The van der Waals surface area contributed by atoms with Crippen molar-refractivity contribution in [3.8, 4) is 0 Å². The maximum Gasteiger partial charge on any atom is 0.161 e. The number of hydrogen-bond acceptors (Lipinski definition) is 4. The molecule has 2 heterocycles. The van der Waals surface area contributed by atoms with Crippen molar-refractivity contribution < 1.29 is 4.74 Å². The Bertz CT molecular complexity index is 397. The van der Waals surface area contributed by atoms with Crippen molar-refractivity contribution >= 4 is 17.4 Å². The van der Waals surface area contributed by atoms with E-state index in [2.05, 4.69) is 36.1 Å². The first-order valence-corrected chi connectivity index (χ1v) is 6.26. The van der Waals surface area contributed by atoms with E-state index < -0.39 is 0 Å². The van der Waals surface area contributed by atoms with Gasteiger partial charge in [0.2, 0.25) is 0 Å². The molecule has 2 rings (SSSR count). The summed E-state index contributed by atoms with van der Waals surface area (Å²) in [6, 6.07) is 1.74. The van der Waals surface area contributed by atoms with Crippen molar-refractivity contribution in [2.45, 2.75) is 45.3 Å². The van der Waals surface area contributed by atoms with E-state index in [1.165, 1.54) is 0 Å². The van der Waals surface area contributed by atoms with Crippen LogP contribution >= 0.6 is 11.6 Å². The summed E-state index contributed by atoms with van der Waals surface area (Å²) in [5.41, 5.74) is -0.0501. The van der Waals surface area contributed by atoms with Gasteiger partial charge in [0, 0.05) is 18.2 Å². The van der Waals surface area contributed by atoms with Crippen LogP contribution in [0.1, 0.15) is 45.5 Å². The summed E-state index contributed by atoms with van der Waals surface area (Å²) in [5.74, 6) is 1.43. The maximum absolute atomic E-state index is 6.01. The number of halogens is 1. The molecule has 17 heavy (non-hydrogen) atoms. The highest BCUT2D eigenvalue weighted by Gasteiger charge is 2.22. The molecule has 0 amide bonds. The van der Waals surface area contributed by atoms with E-state index in [0.29, 0.717) is 11.0 Å². The molecular weight excluding hydrogens is 238 g/mol. The molecule has 1 saturated heterocycles. The van der Waals surface area contributed by atoms with Crippen LogP contribution in [0.25, 0.3) is 0 Å². The Labute approximate surface area is 107 Å². The second-order valence-corrected chi connectivity index (χ2v) is 5.70. The van der Waals surface area contributed by atoms with Crippen molar-refractivity contribution in [3.05, 3.63) is 17.0 Å². The fourth-order valence-corrected chi connectivity index (χ4v) is 2.00.